The molecule has 0 saturated heterocycles. The fourth-order valence-electron chi connectivity index (χ4n) is 2.36. The summed E-state index contributed by atoms with van der Waals surface area (Å²) < 4.78 is 11.2. The van der Waals surface area contributed by atoms with E-state index in [0.29, 0.717) is 18.8 Å². The van der Waals surface area contributed by atoms with Gasteiger partial charge < -0.3 is 9.47 Å². The van der Waals surface area contributed by atoms with Crippen molar-refractivity contribution in [1.82, 2.24) is 5.32 Å². The van der Waals surface area contributed by atoms with E-state index in [2.05, 4.69) is 11.4 Å². The number of rotatable bonds is 6. The molecule has 0 aromatic carbocycles. The molecule has 3 unspecified atom stereocenters. The Labute approximate surface area is 103 Å². The molecule has 17 heavy (non-hydrogen) atoms. The minimum atomic E-state index is -0.148. The molecule has 0 radical (unpaired) electrons. The van der Waals surface area contributed by atoms with Gasteiger partial charge in [-0.3, -0.25) is 5.32 Å². The Bertz CT molecular complexity index is 273. The molecule has 2 fully saturated rings. The summed E-state index contributed by atoms with van der Waals surface area (Å²) in [6.45, 7) is 0.508. The third-order valence-electron chi connectivity index (χ3n) is 3.58. The SMILES string of the molecule is COC1CCCC(OCC(C#N)NC2CC2)C1. The van der Waals surface area contributed by atoms with Crippen LogP contribution in [0.15, 0.2) is 0 Å². The Morgan fingerprint density at radius 1 is 1.29 bits per heavy atom. The van der Waals surface area contributed by atoms with E-state index in [4.69, 9.17) is 14.7 Å². The minimum Gasteiger partial charge on any atom is -0.381 e. The molecule has 2 saturated carbocycles. The van der Waals surface area contributed by atoms with Crippen LogP contribution in [0.1, 0.15) is 38.5 Å². The van der Waals surface area contributed by atoms with Crippen molar-refractivity contribution in [3.63, 3.8) is 0 Å². The van der Waals surface area contributed by atoms with Gasteiger partial charge in [0.25, 0.3) is 0 Å². The van der Waals surface area contributed by atoms with Gasteiger partial charge in [-0.05, 0) is 38.5 Å². The van der Waals surface area contributed by atoms with Crippen LogP contribution in [-0.4, -0.2) is 38.0 Å². The Hall–Kier alpha value is -0.630. The summed E-state index contributed by atoms with van der Waals surface area (Å²) in [4.78, 5) is 0. The largest absolute Gasteiger partial charge is 0.381 e. The summed E-state index contributed by atoms with van der Waals surface area (Å²) >= 11 is 0. The smallest absolute Gasteiger partial charge is 0.119 e. The number of ether oxygens (including phenoxy) is 2. The molecule has 2 aliphatic rings. The molecule has 4 heteroatoms. The van der Waals surface area contributed by atoms with E-state index < -0.39 is 0 Å². The van der Waals surface area contributed by atoms with Crippen LogP contribution in [0.25, 0.3) is 0 Å². The second-order valence-corrected chi connectivity index (χ2v) is 5.10. The average molecular weight is 238 g/mol. The fourth-order valence-corrected chi connectivity index (χ4v) is 2.36. The van der Waals surface area contributed by atoms with E-state index in [9.17, 15) is 0 Å². The van der Waals surface area contributed by atoms with Gasteiger partial charge in [-0.2, -0.15) is 5.26 Å². The van der Waals surface area contributed by atoms with Gasteiger partial charge in [0.2, 0.25) is 0 Å². The highest BCUT2D eigenvalue weighted by atomic mass is 16.5. The molecular formula is C13H22N2O2. The molecule has 0 aromatic rings. The van der Waals surface area contributed by atoms with E-state index >= 15 is 0 Å². The second-order valence-electron chi connectivity index (χ2n) is 5.10. The Balaban J connectivity index is 1.67. The van der Waals surface area contributed by atoms with Gasteiger partial charge in [-0.25, -0.2) is 0 Å². The standard InChI is InChI=1S/C13H22N2O2/c1-16-12-3-2-4-13(7-12)17-9-11(8-14)15-10-5-6-10/h10-13,15H,2-7,9H2,1H3. The van der Waals surface area contributed by atoms with Crippen molar-refractivity contribution in [1.29, 1.82) is 5.26 Å². The molecule has 0 aliphatic heterocycles. The number of nitriles is 1. The van der Waals surface area contributed by atoms with Crippen molar-refractivity contribution in [3.05, 3.63) is 0 Å². The minimum absolute atomic E-state index is 0.148. The molecule has 0 heterocycles. The van der Waals surface area contributed by atoms with E-state index in [1.807, 2.05) is 0 Å². The maximum atomic E-state index is 9.01. The first-order valence-electron chi connectivity index (χ1n) is 6.62. The van der Waals surface area contributed by atoms with Crippen LogP contribution in [0, 0.1) is 11.3 Å². The lowest BCUT2D eigenvalue weighted by atomic mass is 9.95. The van der Waals surface area contributed by atoms with Crippen molar-refractivity contribution in [3.8, 4) is 6.07 Å². The maximum Gasteiger partial charge on any atom is 0.119 e. The maximum absolute atomic E-state index is 9.01. The molecule has 0 spiro atoms. The van der Waals surface area contributed by atoms with Crippen LogP contribution in [-0.2, 0) is 9.47 Å². The van der Waals surface area contributed by atoms with Gasteiger partial charge in [0.05, 0.1) is 24.9 Å². The summed E-state index contributed by atoms with van der Waals surface area (Å²) in [5.74, 6) is 0. The topological polar surface area (TPSA) is 54.3 Å². The molecule has 2 aliphatic carbocycles. The van der Waals surface area contributed by atoms with Crippen molar-refractivity contribution in [2.75, 3.05) is 13.7 Å². The van der Waals surface area contributed by atoms with Crippen molar-refractivity contribution < 1.29 is 9.47 Å². The van der Waals surface area contributed by atoms with Gasteiger partial charge in [0.15, 0.2) is 0 Å². The van der Waals surface area contributed by atoms with Crippen molar-refractivity contribution in [2.24, 2.45) is 0 Å². The molecule has 1 N–H and O–H groups in total. The third kappa shape index (κ3) is 4.27. The first kappa shape index (κ1) is 12.8. The van der Waals surface area contributed by atoms with Gasteiger partial charge in [0, 0.05) is 13.2 Å². The zero-order valence-electron chi connectivity index (χ0n) is 10.5. The predicted molar refractivity (Wildman–Crippen MR) is 64.6 cm³/mol. The normalized spacial score (nSPS) is 30.8. The first-order valence-corrected chi connectivity index (χ1v) is 6.62. The molecule has 96 valence electrons. The summed E-state index contributed by atoms with van der Waals surface area (Å²) in [5.41, 5.74) is 0. The quantitative estimate of drug-likeness (QED) is 0.763. The molecule has 0 aromatic heterocycles. The zero-order chi connectivity index (χ0) is 12.1. The van der Waals surface area contributed by atoms with Crippen molar-refractivity contribution >= 4 is 0 Å². The van der Waals surface area contributed by atoms with Gasteiger partial charge in [-0.1, -0.05) is 0 Å². The molecule has 0 bridgehead atoms. The van der Waals surface area contributed by atoms with E-state index in [0.717, 1.165) is 25.7 Å². The predicted octanol–water partition coefficient (Wildman–Crippen LogP) is 1.60. The van der Waals surface area contributed by atoms with Crippen LogP contribution < -0.4 is 5.32 Å². The van der Waals surface area contributed by atoms with Crippen molar-refractivity contribution in [2.45, 2.75) is 62.8 Å². The van der Waals surface area contributed by atoms with E-state index in [1.54, 1.807) is 7.11 Å². The molecular weight excluding hydrogens is 216 g/mol. The lowest BCUT2D eigenvalue weighted by Crippen LogP contribution is -2.36. The molecule has 2 rings (SSSR count). The Morgan fingerprint density at radius 3 is 2.71 bits per heavy atom. The third-order valence-corrected chi connectivity index (χ3v) is 3.58. The summed E-state index contributed by atoms with van der Waals surface area (Å²) in [5, 5.41) is 12.3. The van der Waals surface area contributed by atoms with Crippen LogP contribution >= 0.6 is 0 Å². The summed E-state index contributed by atoms with van der Waals surface area (Å²) in [6, 6.07) is 2.68. The number of hydrogen-bond donors (Lipinski definition) is 1. The van der Waals surface area contributed by atoms with Crippen LogP contribution in [0.5, 0.6) is 0 Å². The monoisotopic (exact) mass is 238 g/mol. The van der Waals surface area contributed by atoms with E-state index in [1.165, 1.54) is 12.8 Å². The lowest BCUT2D eigenvalue weighted by Gasteiger charge is -2.28. The summed E-state index contributed by atoms with van der Waals surface area (Å²) in [6.07, 6.45) is 7.38. The fraction of sp³-hybridized carbons (Fsp3) is 0.923. The Morgan fingerprint density at radius 2 is 2.06 bits per heavy atom. The highest BCUT2D eigenvalue weighted by molar-refractivity contribution is 4.96. The second kappa shape index (κ2) is 6.34. The number of hydrogen-bond acceptors (Lipinski definition) is 4. The number of nitrogens with zero attached hydrogens (tertiary/aromatic N) is 1. The van der Waals surface area contributed by atoms with Gasteiger partial charge >= 0.3 is 0 Å². The van der Waals surface area contributed by atoms with Crippen LogP contribution in [0.3, 0.4) is 0 Å². The molecule has 0 amide bonds. The van der Waals surface area contributed by atoms with Crippen LogP contribution in [0.2, 0.25) is 0 Å². The first-order chi connectivity index (χ1) is 8.31. The average Bonchev–Trinajstić information content (AvgIpc) is 3.18. The summed E-state index contributed by atoms with van der Waals surface area (Å²) in [7, 11) is 1.76. The van der Waals surface area contributed by atoms with Crippen LogP contribution in [0.4, 0.5) is 0 Å². The Kier molecular flexibility index (Phi) is 4.78. The zero-order valence-corrected chi connectivity index (χ0v) is 10.5. The highest BCUT2D eigenvalue weighted by Gasteiger charge is 2.26. The highest BCUT2D eigenvalue weighted by Crippen LogP contribution is 2.23. The number of methoxy groups -OCH3 is 1. The van der Waals surface area contributed by atoms with Gasteiger partial charge in [-0.15, -0.1) is 0 Å². The lowest BCUT2D eigenvalue weighted by molar-refractivity contribution is -0.0321. The van der Waals surface area contributed by atoms with E-state index in [-0.39, 0.29) is 12.1 Å². The number of nitrogens with one attached hydrogen (secondary N) is 1. The molecule has 3 atom stereocenters. The van der Waals surface area contributed by atoms with Gasteiger partial charge in [0.1, 0.15) is 6.04 Å². The molecule has 4 nitrogen and oxygen atoms in total.